The van der Waals surface area contributed by atoms with Crippen molar-refractivity contribution in [3.05, 3.63) is 35.9 Å². The van der Waals surface area contributed by atoms with Gasteiger partial charge in [0.25, 0.3) is 0 Å². The quantitative estimate of drug-likeness (QED) is 0.318. The van der Waals surface area contributed by atoms with E-state index in [4.69, 9.17) is 5.11 Å². The highest BCUT2D eigenvalue weighted by Gasteiger charge is 2.41. The molecule has 0 fully saturated rings. The van der Waals surface area contributed by atoms with Crippen molar-refractivity contribution in [2.75, 3.05) is 47.8 Å². The molecule has 0 aromatic heterocycles. The van der Waals surface area contributed by atoms with Crippen LogP contribution in [-0.2, 0) is 24.6 Å². The molecule has 1 unspecified atom stereocenters. The normalized spacial score (nSPS) is 14.4. The van der Waals surface area contributed by atoms with Crippen LogP contribution < -0.4 is 10.6 Å². The summed E-state index contributed by atoms with van der Waals surface area (Å²) in [5, 5.41) is 15.2. The number of carboxylic acid groups (broad SMARTS) is 1. The van der Waals surface area contributed by atoms with Crippen LogP contribution in [-0.4, -0.2) is 109 Å². The van der Waals surface area contributed by atoms with Crippen molar-refractivity contribution in [1.29, 1.82) is 0 Å². The number of rotatable bonds is 14. The van der Waals surface area contributed by atoms with Crippen LogP contribution in [0.3, 0.4) is 0 Å². The number of carbonyl (C=O) groups excluding carboxylic acids is 3. The third-order valence-corrected chi connectivity index (χ3v) is 7.51. The number of aliphatic carboxylic acids is 1. The highest BCUT2D eigenvalue weighted by atomic mass is 16.4. The fraction of sp³-hybridized carbons (Fsp3) is 0.667. The van der Waals surface area contributed by atoms with E-state index in [1.54, 1.807) is 30.9 Å². The molecule has 0 spiro atoms. The first-order valence-corrected chi connectivity index (χ1v) is 13.8. The zero-order valence-corrected chi connectivity index (χ0v) is 26.2. The SMILES string of the molecule is CNC(C(=O)N[C@H](C(=O)N(C)[C@H](CN(C)CC(=O)N(C)CC(=O)O)C(C)C)C(C)(C)C)C(C)(C)c1ccccc1. The Kier molecular flexibility index (Phi) is 12.8. The van der Waals surface area contributed by atoms with Crippen LogP contribution in [0.15, 0.2) is 30.3 Å². The van der Waals surface area contributed by atoms with Crippen LogP contribution in [0.4, 0.5) is 0 Å². The average Bonchev–Trinajstić information content (AvgIpc) is 2.84. The van der Waals surface area contributed by atoms with E-state index in [9.17, 15) is 19.2 Å². The standard InChI is InChI=1S/C30H51N5O5/c1-20(2)22(17-33(9)18-23(36)34(10)19-24(37)38)35(11)28(40)26(29(3,4)5)32-27(39)25(31-8)30(6,7)21-15-13-12-14-16-21/h12-16,20,22,25-26,31H,17-19H2,1-11H3,(H,32,39)(H,37,38)/t22-,25?,26-/m1/s1. The summed E-state index contributed by atoms with van der Waals surface area (Å²) in [6.45, 7) is 13.8. The molecule has 1 aromatic rings. The molecule has 1 rings (SSSR count). The van der Waals surface area contributed by atoms with E-state index in [2.05, 4.69) is 10.6 Å². The number of carboxylic acids is 1. The van der Waals surface area contributed by atoms with Crippen molar-refractivity contribution in [3.8, 4) is 0 Å². The summed E-state index contributed by atoms with van der Waals surface area (Å²) < 4.78 is 0. The van der Waals surface area contributed by atoms with Gasteiger partial charge < -0.3 is 25.5 Å². The lowest BCUT2D eigenvalue weighted by Gasteiger charge is -2.41. The van der Waals surface area contributed by atoms with Crippen molar-refractivity contribution in [1.82, 2.24) is 25.3 Å². The van der Waals surface area contributed by atoms with E-state index < -0.39 is 28.9 Å². The first kappa shape index (κ1) is 35.0. The maximum absolute atomic E-state index is 14.0. The molecule has 1 aromatic carbocycles. The van der Waals surface area contributed by atoms with Gasteiger partial charge in [-0.3, -0.25) is 24.1 Å². The van der Waals surface area contributed by atoms with Gasteiger partial charge in [-0.2, -0.15) is 0 Å². The monoisotopic (exact) mass is 561 g/mol. The Labute approximate surface area is 240 Å². The predicted molar refractivity (Wildman–Crippen MR) is 158 cm³/mol. The molecule has 0 saturated heterocycles. The van der Waals surface area contributed by atoms with Gasteiger partial charge in [-0.25, -0.2) is 0 Å². The van der Waals surface area contributed by atoms with Crippen LogP contribution in [0.1, 0.15) is 54.0 Å². The van der Waals surface area contributed by atoms with Crippen molar-refractivity contribution in [2.45, 2.75) is 72.0 Å². The van der Waals surface area contributed by atoms with E-state index in [0.717, 1.165) is 5.56 Å². The van der Waals surface area contributed by atoms with Gasteiger partial charge in [-0.1, -0.05) is 78.8 Å². The molecular formula is C30H51N5O5. The highest BCUT2D eigenvalue weighted by molar-refractivity contribution is 5.91. The molecule has 10 heteroatoms. The molecule has 3 amide bonds. The third kappa shape index (κ3) is 9.59. The fourth-order valence-electron chi connectivity index (χ4n) is 4.90. The van der Waals surface area contributed by atoms with E-state index >= 15 is 0 Å². The first-order chi connectivity index (χ1) is 18.3. The molecule has 0 heterocycles. The van der Waals surface area contributed by atoms with E-state index in [1.165, 1.54) is 11.9 Å². The number of nitrogens with zero attached hydrogens (tertiary/aromatic N) is 3. The summed E-state index contributed by atoms with van der Waals surface area (Å²) in [6.07, 6.45) is 0. The lowest BCUT2D eigenvalue weighted by molar-refractivity contribution is -0.144. The van der Waals surface area contributed by atoms with Gasteiger partial charge in [0.1, 0.15) is 12.6 Å². The summed E-state index contributed by atoms with van der Waals surface area (Å²) in [7, 11) is 6.70. The Morgan fingerprint density at radius 1 is 0.900 bits per heavy atom. The number of amides is 3. The second-order valence-corrected chi connectivity index (χ2v) is 12.7. The Hall–Kier alpha value is -2.98. The largest absolute Gasteiger partial charge is 0.480 e. The van der Waals surface area contributed by atoms with Crippen LogP contribution in [0, 0.1) is 11.3 Å². The van der Waals surface area contributed by atoms with Crippen LogP contribution in [0.25, 0.3) is 0 Å². The Bertz CT molecular complexity index is 1010. The molecule has 0 aliphatic rings. The van der Waals surface area contributed by atoms with Gasteiger partial charge in [0.05, 0.1) is 12.6 Å². The summed E-state index contributed by atoms with van der Waals surface area (Å²) >= 11 is 0. The minimum Gasteiger partial charge on any atom is -0.480 e. The topological polar surface area (TPSA) is 122 Å². The van der Waals surface area contributed by atoms with E-state index in [1.807, 2.05) is 78.8 Å². The lowest BCUT2D eigenvalue weighted by Crippen LogP contribution is -2.62. The molecule has 0 saturated carbocycles. The predicted octanol–water partition coefficient (Wildman–Crippen LogP) is 2.04. The van der Waals surface area contributed by atoms with E-state index in [-0.39, 0.29) is 42.8 Å². The Morgan fingerprint density at radius 3 is 1.90 bits per heavy atom. The summed E-state index contributed by atoms with van der Waals surface area (Å²) in [4.78, 5) is 55.7. The minimum atomic E-state index is -1.08. The van der Waals surface area contributed by atoms with Gasteiger partial charge in [0.15, 0.2) is 0 Å². The van der Waals surface area contributed by atoms with Gasteiger partial charge in [-0.05, 0) is 31.0 Å². The molecule has 0 aliphatic carbocycles. The van der Waals surface area contributed by atoms with Crippen molar-refractivity contribution in [3.63, 3.8) is 0 Å². The number of benzene rings is 1. The number of hydrogen-bond donors (Lipinski definition) is 3. The van der Waals surface area contributed by atoms with Crippen molar-refractivity contribution < 1.29 is 24.3 Å². The summed E-state index contributed by atoms with van der Waals surface area (Å²) in [6, 6.07) is 8.18. The molecule has 0 aliphatic heterocycles. The molecule has 226 valence electrons. The molecule has 3 atom stereocenters. The molecule has 10 nitrogen and oxygen atoms in total. The third-order valence-electron chi connectivity index (χ3n) is 7.51. The van der Waals surface area contributed by atoms with Crippen LogP contribution in [0.2, 0.25) is 0 Å². The molecule has 0 radical (unpaired) electrons. The number of hydrogen-bond acceptors (Lipinski definition) is 6. The minimum absolute atomic E-state index is 0.0207. The Balaban J connectivity index is 3.14. The second-order valence-electron chi connectivity index (χ2n) is 12.7. The first-order valence-electron chi connectivity index (χ1n) is 13.8. The van der Waals surface area contributed by atoms with Crippen molar-refractivity contribution >= 4 is 23.7 Å². The molecular weight excluding hydrogens is 510 g/mol. The maximum Gasteiger partial charge on any atom is 0.323 e. The summed E-state index contributed by atoms with van der Waals surface area (Å²) in [5.74, 6) is -1.81. The zero-order valence-electron chi connectivity index (χ0n) is 26.2. The number of likely N-dealkylation sites (N-methyl/N-ethyl adjacent to an activating group) is 4. The van der Waals surface area contributed by atoms with Gasteiger partial charge in [0.2, 0.25) is 17.7 Å². The second kappa shape index (κ2) is 14.6. The van der Waals surface area contributed by atoms with Crippen molar-refractivity contribution in [2.24, 2.45) is 11.3 Å². The number of carbonyl (C=O) groups is 4. The average molecular weight is 562 g/mol. The fourth-order valence-corrected chi connectivity index (χ4v) is 4.90. The summed E-state index contributed by atoms with van der Waals surface area (Å²) in [5.41, 5.74) is -0.105. The number of nitrogens with one attached hydrogen (secondary N) is 2. The van der Waals surface area contributed by atoms with Gasteiger partial charge in [0, 0.05) is 32.1 Å². The van der Waals surface area contributed by atoms with Crippen LogP contribution in [0.5, 0.6) is 0 Å². The molecule has 0 bridgehead atoms. The van der Waals surface area contributed by atoms with E-state index in [0.29, 0.717) is 6.54 Å². The van der Waals surface area contributed by atoms with Gasteiger partial charge in [-0.15, -0.1) is 0 Å². The smallest absolute Gasteiger partial charge is 0.323 e. The van der Waals surface area contributed by atoms with Crippen LogP contribution >= 0.6 is 0 Å². The molecule has 3 N–H and O–H groups in total. The Morgan fingerprint density at radius 2 is 1.45 bits per heavy atom. The zero-order chi connectivity index (χ0) is 31.0. The molecule has 40 heavy (non-hydrogen) atoms. The highest BCUT2D eigenvalue weighted by Crippen LogP contribution is 2.29. The van der Waals surface area contributed by atoms with Gasteiger partial charge >= 0.3 is 5.97 Å². The maximum atomic E-state index is 14.0. The lowest BCUT2D eigenvalue weighted by atomic mass is 9.76.